The van der Waals surface area contributed by atoms with Gasteiger partial charge in [-0.15, -0.1) is 0 Å². The van der Waals surface area contributed by atoms with Crippen molar-refractivity contribution in [2.24, 2.45) is 0 Å². The first-order chi connectivity index (χ1) is 14.5. The molecule has 2 aliphatic rings. The highest BCUT2D eigenvalue weighted by molar-refractivity contribution is 6.31. The first-order valence-corrected chi connectivity index (χ1v) is 10.8. The minimum absolute atomic E-state index is 0.0509. The molecule has 0 spiro atoms. The number of benzene rings is 2. The second-order valence-electron chi connectivity index (χ2n) is 8.30. The number of hydrogen-bond donors (Lipinski definition) is 0. The van der Waals surface area contributed by atoms with Crippen molar-refractivity contribution >= 4 is 34.3 Å². The number of nitrogens with zero attached hydrogens (tertiary/aromatic N) is 3. The van der Waals surface area contributed by atoms with Gasteiger partial charge in [-0.05, 0) is 56.0 Å². The summed E-state index contributed by atoms with van der Waals surface area (Å²) in [6.07, 6.45) is 2.49. The Hall–Kier alpha value is -2.57. The lowest BCUT2D eigenvalue weighted by Crippen LogP contribution is -2.46. The number of rotatable bonds is 3. The third-order valence-electron chi connectivity index (χ3n) is 6.33. The molecule has 7 heteroatoms. The van der Waals surface area contributed by atoms with Crippen LogP contribution >= 0.6 is 11.6 Å². The first kappa shape index (κ1) is 19.4. The summed E-state index contributed by atoms with van der Waals surface area (Å²) in [5.74, 6) is -0.201. The number of aromatic nitrogens is 1. The highest BCUT2D eigenvalue weighted by Crippen LogP contribution is 2.32. The molecule has 6 nitrogen and oxygen atoms in total. The predicted octanol–water partition coefficient (Wildman–Crippen LogP) is 3.86. The number of oxazole rings is 1. The summed E-state index contributed by atoms with van der Waals surface area (Å²) in [5.41, 5.74) is 3.58. The molecule has 3 aromatic rings. The maximum atomic E-state index is 13.1. The normalized spacial score (nSPS) is 20.1. The van der Waals surface area contributed by atoms with Crippen molar-refractivity contribution in [3.8, 4) is 0 Å². The summed E-state index contributed by atoms with van der Waals surface area (Å²) in [7, 11) is 0. The number of halogens is 1. The molecule has 1 atom stereocenters. The lowest BCUT2D eigenvalue weighted by Gasteiger charge is -2.33. The smallest absolute Gasteiger partial charge is 0.408 e. The summed E-state index contributed by atoms with van der Waals surface area (Å²) in [5, 5.41) is 0.583. The Bertz CT molecular complexity index is 1160. The van der Waals surface area contributed by atoms with Gasteiger partial charge in [0.25, 0.3) is 0 Å². The van der Waals surface area contributed by atoms with Crippen molar-refractivity contribution in [2.45, 2.75) is 38.3 Å². The molecule has 2 aromatic carbocycles. The molecule has 2 aliphatic heterocycles. The average molecular weight is 426 g/mol. The topological polar surface area (TPSA) is 58.7 Å². The molecule has 0 N–H and O–H groups in total. The molecule has 1 unspecified atom stereocenters. The van der Waals surface area contributed by atoms with Gasteiger partial charge in [0, 0.05) is 35.9 Å². The highest BCUT2D eigenvalue weighted by atomic mass is 35.5. The molecule has 30 heavy (non-hydrogen) atoms. The standard InChI is InChI=1S/C23H24ClN3O3/c1-15-12-16-4-2-3-5-19(16)26(15)22(28)14-25-10-8-18(9-11-25)27-20-13-17(24)6-7-21(20)30-23(27)29/h2-7,13,15,18H,8-12,14H2,1H3. The fraction of sp³-hybridized carbons (Fsp3) is 0.391. The van der Waals surface area contributed by atoms with Crippen LogP contribution in [-0.2, 0) is 11.2 Å². The second-order valence-corrected chi connectivity index (χ2v) is 8.74. The van der Waals surface area contributed by atoms with Gasteiger partial charge >= 0.3 is 5.76 Å². The van der Waals surface area contributed by atoms with Crippen molar-refractivity contribution in [1.82, 2.24) is 9.47 Å². The number of piperidine rings is 1. The van der Waals surface area contributed by atoms with E-state index in [0.29, 0.717) is 17.2 Å². The number of fused-ring (bicyclic) bond motifs is 2. The number of amides is 1. The number of carbonyl (C=O) groups is 1. The van der Waals surface area contributed by atoms with Gasteiger partial charge in [-0.3, -0.25) is 14.3 Å². The van der Waals surface area contributed by atoms with Crippen LogP contribution in [0.5, 0.6) is 0 Å². The van der Waals surface area contributed by atoms with E-state index in [2.05, 4.69) is 17.9 Å². The van der Waals surface area contributed by atoms with Crippen LogP contribution < -0.4 is 10.7 Å². The third kappa shape index (κ3) is 3.34. The number of para-hydroxylation sites is 1. The Balaban J connectivity index is 1.27. The van der Waals surface area contributed by atoms with E-state index < -0.39 is 0 Å². The number of likely N-dealkylation sites (tertiary alicyclic amines) is 1. The van der Waals surface area contributed by atoms with E-state index >= 15 is 0 Å². The fourth-order valence-electron chi connectivity index (χ4n) is 4.90. The number of carbonyl (C=O) groups excluding carboxylic acids is 1. The zero-order chi connectivity index (χ0) is 20.8. The Morgan fingerprint density at radius 3 is 2.73 bits per heavy atom. The zero-order valence-corrected chi connectivity index (χ0v) is 17.6. The first-order valence-electron chi connectivity index (χ1n) is 10.4. The van der Waals surface area contributed by atoms with Gasteiger partial charge in [-0.2, -0.15) is 0 Å². The van der Waals surface area contributed by atoms with E-state index in [1.807, 2.05) is 23.1 Å². The van der Waals surface area contributed by atoms with Crippen LogP contribution in [-0.4, -0.2) is 41.1 Å². The van der Waals surface area contributed by atoms with Crippen LogP contribution in [0, 0.1) is 0 Å². The molecule has 156 valence electrons. The molecule has 0 bridgehead atoms. The van der Waals surface area contributed by atoms with E-state index in [1.165, 1.54) is 5.56 Å². The molecule has 0 aliphatic carbocycles. The molecule has 1 amide bonds. The SMILES string of the molecule is CC1Cc2ccccc2N1C(=O)CN1CCC(n2c(=O)oc3ccc(Cl)cc32)CC1. The van der Waals surface area contributed by atoms with Gasteiger partial charge in [-0.25, -0.2) is 4.79 Å². The van der Waals surface area contributed by atoms with E-state index in [9.17, 15) is 9.59 Å². The molecule has 5 rings (SSSR count). The van der Waals surface area contributed by atoms with Crippen molar-refractivity contribution in [3.63, 3.8) is 0 Å². The van der Waals surface area contributed by atoms with Crippen molar-refractivity contribution in [2.75, 3.05) is 24.5 Å². The Morgan fingerprint density at radius 2 is 1.93 bits per heavy atom. The lowest BCUT2D eigenvalue weighted by molar-refractivity contribution is -0.120. The summed E-state index contributed by atoms with van der Waals surface area (Å²) in [6.45, 7) is 4.03. The molecule has 0 radical (unpaired) electrons. The van der Waals surface area contributed by atoms with Gasteiger partial charge in [0.05, 0.1) is 12.1 Å². The fourth-order valence-corrected chi connectivity index (χ4v) is 5.07. The molecule has 1 saturated heterocycles. The van der Waals surface area contributed by atoms with Gasteiger partial charge in [0.15, 0.2) is 5.58 Å². The van der Waals surface area contributed by atoms with Crippen LogP contribution in [0.4, 0.5) is 5.69 Å². The van der Waals surface area contributed by atoms with Crippen LogP contribution in [0.25, 0.3) is 11.1 Å². The Labute approximate surface area is 179 Å². The summed E-state index contributed by atoms with van der Waals surface area (Å²) >= 11 is 6.12. The van der Waals surface area contributed by atoms with Gasteiger partial charge < -0.3 is 9.32 Å². The maximum Gasteiger partial charge on any atom is 0.420 e. The van der Waals surface area contributed by atoms with Gasteiger partial charge in [-0.1, -0.05) is 29.8 Å². The van der Waals surface area contributed by atoms with Crippen molar-refractivity contribution < 1.29 is 9.21 Å². The highest BCUT2D eigenvalue weighted by Gasteiger charge is 2.32. The van der Waals surface area contributed by atoms with Gasteiger partial charge in [0.2, 0.25) is 5.91 Å². The monoisotopic (exact) mass is 425 g/mol. The Kier molecular flexibility index (Phi) is 4.91. The molecular weight excluding hydrogens is 402 g/mol. The van der Waals surface area contributed by atoms with Gasteiger partial charge in [0.1, 0.15) is 0 Å². The summed E-state index contributed by atoms with van der Waals surface area (Å²) < 4.78 is 7.11. The largest absolute Gasteiger partial charge is 0.420 e. The van der Waals surface area contributed by atoms with Crippen LogP contribution in [0.1, 0.15) is 31.4 Å². The third-order valence-corrected chi connectivity index (χ3v) is 6.57. The molecule has 3 heterocycles. The van der Waals surface area contributed by atoms with E-state index in [1.54, 1.807) is 22.8 Å². The second kappa shape index (κ2) is 7.60. The maximum absolute atomic E-state index is 13.1. The van der Waals surface area contributed by atoms with Crippen LogP contribution in [0.2, 0.25) is 5.02 Å². The molecule has 1 fully saturated rings. The molecule has 1 aromatic heterocycles. The van der Waals surface area contributed by atoms with E-state index in [4.69, 9.17) is 16.0 Å². The quantitative estimate of drug-likeness (QED) is 0.639. The average Bonchev–Trinajstić information content (AvgIpc) is 3.23. The van der Waals surface area contributed by atoms with Crippen LogP contribution in [0.3, 0.4) is 0 Å². The predicted molar refractivity (Wildman–Crippen MR) is 117 cm³/mol. The summed E-state index contributed by atoms with van der Waals surface area (Å²) in [4.78, 5) is 29.6. The van der Waals surface area contributed by atoms with Crippen molar-refractivity contribution in [3.05, 3.63) is 63.6 Å². The minimum atomic E-state index is -0.343. The zero-order valence-electron chi connectivity index (χ0n) is 16.9. The van der Waals surface area contributed by atoms with Crippen LogP contribution in [0.15, 0.2) is 51.7 Å². The summed E-state index contributed by atoms with van der Waals surface area (Å²) in [6, 6.07) is 13.6. The number of hydrogen-bond acceptors (Lipinski definition) is 4. The Morgan fingerprint density at radius 1 is 1.17 bits per heavy atom. The molecule has 0 saturated carbocycles. The van der Waals surface area contributed by atoms with E-state index in [0.717, 1.165) is 43.6 Å². The lowest BCUT2D eigenvalue weighted by atomic mass is 10.0. The minimum Gasteiger partial charge on any atom is -0.408 e. The number of anilines is 1. The van der Waals surface area contributed by atoms with Crippen molar-refractivity contribution in [1.29, 1.82) is 0 Å². The van der Waals surface area contributed by atoms with E-state index in [-0.39, 0.29) is 23.7 Å². The molecular formula is C23H24ClN3O3.